The molecule has 0 N–H and O–H groups in total. The van der Waals surface area contributed by atoms with Crippen LogP contribution in [-0.4, -0.2) is 23.0 Å². The van der Waals surface area contributed by atoms with E-state index in [-0.39, 0.29) is 0 Å². The number of hydrogen-bond acceptors (Lipinski definition) is 3. The number of carbonyl (C=O) groups excluding carboxylic acids is 2. The number of hydrogen-bond donors (Lipinski definition) is 0. The molecule has 1 aliphatic rings. The SMILES string of the molecule is O=C1c2cccc3cccc(c23)C(=O)N1/N=C/c1ccc(Br)cc1. The molecule has 1 aliphatic heterocycles. The molecule has 4 rings (SSSR count). The molecule has 4 nitrogen and oxygen atoms in total. The van der Waals surface area contributed by atoms with Gasteiger partial charge in [0, 0.05) is 9.86 Å². The topological polar surface area (TPSA) is 49.7 Å². The third-order valence-electron chi connectivity index (χ3n) is 3.94. The number of hydrazone groups is 1. The summed E-state index contributed by atoms with van der Waals surface area (Å²) in [6, 6.07) is 18.3. The third kappa shape index (κ3) is 2.34. The van der Waals surface area contributed by atoms with Crippen LogP contribution in [0.25, 0.3) is 10.8 Å². The highest BCUT2D eigenvalue weighted by Crippen LogP contribution is 2.30. The number of halogens is 1. The minimum absolute atomic E-state index is 0.405. The molecule has 0 aliphatic carbocycles. The van der Waals surface area contributed by atoms with Crippen LogP contribution in [0.1, 0.15) is 26.3 Å². The third-order valence-corrected chi connectivity index (χ3v) is 4.47. The maximum Gasteiger partial charge on any atom is 0.282 e. The highest BCUT2D eigenvalue weighted by Gasteiger charge is 2.32. The maximum absolute atomic E-state index is 12.7. The van der Waals surface area contributed by atoms with Crippen LogP contribution in [0, 0.1) is 0 Å². The number of carbonyl (C=O) groups is 2. The van der Waals surface area contributed by atoms with E-state index in [4.69, 9.17) is 0 Å². The Kier molecular flexibility index (Phi) is 3.50. The molecule has 0 radical (unpaired) electrons. The molecule has 3 aromatic rings. The molecule has 1 heterocycles. The Morgan fingerprint density at radius 1 is 0.833 bits per heavy atom. The van der Waals surface area contributed by atoms with E-state index in [0.29, 0.717) is 16.5 Å². The predicted octanol–water partition coefficient (Wildman–Crippen LogP) is 4.23. The summed E-state index contributed by atoms with van der Waals surface area (Å²) in [5.74, 6) is -0.810. The summed E-state index contributed by atoms with van der Waals surface area (Å²) in [6.45, 7) is 0. The zero-order valence-corrected chi connectivity index (χ0v) is 14.0. The van der Waals surface area contributed by atoms with Gasteiger partial charge in [-0.15, -0.1) is 0 Å². The zero-order valence-electron chi connectivity index (χ0n) is 12.4. The Balaban J connectivity index is 1.78. The molecule has 0 unspecified atom stereocenters. The van der Waals surface area contributed by atoms with Gasteiger partial charge in [0.15, 0.2) is 0 Å². The number of amides is 2. The zero-order chi connectivity index (χ0) is 16.7. The predicted molar refractivity (Wildman–Crippen MR) is 96.2 cm³/mol. The summed E-state index contributed by atoms with van der Waals surface area (Å²) >= 11 is 3.36. The Hall–Kier alpha value is -2.79. The van der Waals surface area contributed by atoms with Gasteiger partial charge in [-0.25, -0.2) is 0 Å². The van der Waals surface area contributed by atoms with E-state index >= 15 is 0 Å². The average Bonchev–Trinajstić information content (AvgIpc) is 2.61. The molecule has 2 amide bonds. The van der Waals surface area contributed by atoms with Crippen LogP contribution >= 0.6 is 15.9 Å². The molecule has 0 aromatic heterocycles. The molecule has 116 valence electrons. The van der Waals surface area contributed by atoms with Gasteiger partial charge < -0.3 is 0 Å². The first-order chi connectivity index (χ1) is 11.6. The fourth-order valence-electron chi connectivity index (χ4n) is 2.80. The van der Waals surface area contributed by atoms with Crippen LogP contribution in [0.4, 0.5) is 0 Å². The van der Waals surface area contributed by atoms with Crippen molar-refractivity contribution in [2.75, 3.05) is 0 Å². The van der Waals surface area contributed by atoms with Crippen molar-refractivity contribution in [2.45, 2.75) is 0 Å². The van der Waals surface area contributed by atoms with Crippen LogP contribution in [0.5, 0.6) is 0 Å². The Morgan fingerprint density at radius 2 is 1.42 bits per heavy atom. The molecule has 0 fully saturated rings. The second-order valence-electron chi connectivity index (χ2n) is 5.43. The molecule has 0 atom stereocenters. The minimum atomic E-state index is -0.405. The van der Waals surface area contributed by atoms with Crippen LogP contribution in [0.15, 0.2) is 70.2 Å². The van der Waals surface area contributed by atoms with Crippen molar-refractivity contribution in [3.8, 4) is 0 Å². The van der Waals surface area contributed by atoms with Crippen LogP contribution in [-0.2, 0) is 0 Å². The van der Waals surface area contributed by atoms with Crippen LogP contribution < -0.4 is 0 Å². The fourth-order valence-corrected chi connectivity index (χ4v) is 3.06. The summed E-state index contributed by atoms with van der Waals surface area (Å²) in [6.07, 6.45) is 1.51. The quantitative estimate of drug-likeness (QED) is 0.494. The molecule has 0 bridgehead atoms. The Bertz CT molecular complexity index is 959. The summed E-state index contributed by atoms with van der Waals surface area (Å²) in [5.41, 5.74) is 1.79. The minimum Gasteiger partial charge on any atom is -0.267 e. The number of nitrogens with zero attached hydrogens (tertiary/aromatic N) is 2. The van der Waals surface area contributed by atoms with E-state index in [0.717, 1.165) is 20.4 Å². The normalized spacial score (nSPS) is 14.0. The van der Waals surface area contributed by atoms with Crippen molar-refractivity contribution in [3.05, 3.63) is 81.8 Å². The van der Waals surface area contributed by atoms with Crippen molar-refractivity contribution in [2.24, 2.45) is 5.10 Å². The standard InChI is InChI=1S/C19H11BrN2O2/c20-14-9-7-12(8-10-14)11-21-22-18(23)15-5-1-3-13-4-2-6-16(17(13)15)19(22)24/h1-11H/b21-11+. The van der Waals surface area contributed by atoms with E-state index in [1.54, 1.807) is 12.1 Å². The van der Waals surface area contributed by atoms with Gasteiger partial charge in [-0.1, -0.05) is 52.3 Å². The maximum atomic E-state index is 12.7. The number of benzene rings is 3. The van der Waals surface area contributed by atoms with Gasteiger partial charge >= 0.3 is 0 Å². The van der Waals surface area contributed by atoms with Gasteiger partial charge in [-0.05, 0) is 35.2 Å². The summed E-state index contributed by atoms with van der Waals surface area (Å²) in [5, 5.41) is 6.63. The van der Waals surface area contributed by atoms with E-state index in [2.05, 4.69) is 21.0 Å². The monoisotopic (exact) mass is 378 g/mol. The van der Waals surface area contributed by atoms with Gasteiger partial charge in [-0.3, -0.25) is 9.59 Å². The summed E-state index contributed by atoms with van der Waals surface area (Å²) in [4.78, 5) is 25.3. The van der Waals surface area contributed by atoms with Crippen molar-refractivity contribution in [3.63, 3.8) is 0 Å². The second kappa shape index (κ2) is 5.69. The van der Waals surface area contributed by atoms with Gasteiger partial charge in [0.1, 0.15) is 0 Å². The lowest BCUT2D eigenvalue weighted by Gasteiger charge is -2.22. The molecule has 24 heavy (non-hydrogen) atoms. The molecule has 0 saturated heterocycles. The molecule has 5 heteroatoms. The van der Waals surface area contributed by atoms with E-state index in [1.165, 1.54) is 6.21 Å². The highest BCUT2D eigenvalue weighted by atomic mass is 79.9. The Labute approximate surface area is 146 Å². The molecular weight excluding hydrogens is 368 g/mol. The number of imide groups is 1. The molecule has 0 spiro atoms. The van der Waals surface area contributed by atoms with Crippen molar-refractivity contribution < 1.29 is 9.59 Å². The first-order valence-corrected chi connectivity index (χ1v) is 8.14. The first-order valence-electron chi connectivity index (χ1n) is 7.35. The van der Waals surface area contributed by atoms with Gasteiger partial charge in [0.2, 0.25) is 0 Å². The fraction of sp³-hybridized carbons (Fsp3) is 0. The lowest BCUT2D eigenvalue weighted by atomic mass is 9.95. The smallest absolute Gasteiger partial charge is 0.267 e. The second-order valence-corrected chi connectivity index (χ2v) is 6.34. The molecule has 3 aromatic carbocycles. The lowest BCUT2D eigenvalue weighted by molar-refractivity contribution is 0.0616. The van der Waals surface area contributed by atoms with Crippen molar-refractivity contribution >= 4 is 44.7 Å². The van der Waals surface area contributed by atoms with Gasteiger partial charge in [0.05, 0.1) is 17.3 Å². The van der Waals surface area contributed by atoms with Crippen molar-refractivity contribution in [1.29, 1.82) is 0 Å². The van der Waals surface area contributed by atoms with Crippen LogP contribution in [0.3, 0.4) is 0 Å². The molecular formula is C19H11BrN2O2. The summed E-state index contributed by atoms with van der Waals surface area (Å²) < 4.78 is 0.949. The highest BCUT2D eigenvalue weighted by molar-refractivity contribution is 9.10. The first kappa shape index (κ1) is 14.8. The molecule has 0 saturated carbocycles. The van der Waals surface area contributed by atoms with Crippen LogP contribution in [0.2, 0.25) is 0 Å². The average molecular weight is 379 g/mol. The Morgan fingerprint density at radius 3 is 2.00 bits per heavy atom. The van der Waals surface area contributed by atoms with E-state index < -0.39 is 11.8 Å². The van der Waals surface area contributed by atoms with Gasteiger partial charge in [0.25, 0.3) is 11.8 Å². The number of rotatable bonds is 2. The van der Waals surface area contributed by atoms with Crippen molar-refractivity contribution in [1.82, 2.24) is 5.01 Å². The van der Waals surface area contributed by atoms with E-state index in [9.17, 15) is 9.59 Å². The van der Waals surface area contributed by atoms with E-state index in [1.807, 2.05) is 48.5 Å². The summed E-state index contributed by atoms with van der Waals surface area (Å²) in [7, 11) is 0. The van der Waals surface area contributed by atoms with Gasteiger partial charge in [-0.2, -0.15) is 10.1 Å². The largest absolute Gasteiger partial charge is 0.282 e. The lowest BCUT2D eigenvalue weighted by Crippen LogP contribution is -2.36.